The van der Waals surface area contributed by atoms with Gasteiger partial charge in [-0.1, -0.05) is 97.1 Å². The fraction of sp³-hybridized carbons (Fsp3) is 0.0500. The standard InChI is InChI=1S/C20H17NO3S.C20H16NOS/c22-21-12-6-5-11-20(21)25(23,24)14-19-17-9-3-1-7-15(17)13-16-8-2-4-10-18(16)19;22-21-12-6-5-11-20(21)23-14-19-17-9-3-1-7-15(17)13-16-8-2-4-10-18(16)19/h1-13H,14H2,(H2-,22,23,24);1-13,22H,14H2/q;+1/p+1. The third kappa shape index (κ3) is 6.39. The van der Waals surface area contributed by atoms with Crippen LogP contribution in [0.15, 0.2) is 168 Å². The molecule has 0 spiro atoms. The van der Waals surface area contributed by atoms with Gasteiger partial charge in [-0.05, 0) is 90.2 Å². The minimum absolute atomic E-state index is 0.0411. The minimum Gasteiger partial charge on any atom is -0.290 e. The number of pyridine rings is 2. The van der Waals surface area contributed by atoms with Gasteiger partial charge in [0.05, 0.1) is 5.75 Å². The zero-order valence-corrected chi connectivity index (χ0v) is 27.6. The van der Waals surface area contributed by atoms with E-state index in [4.69, 9.17) is 0 Å². The normalized spacial score (nSPS) is 11.9. The Kier molecular flexibility index (Phi) is 8.88. The van der Waals surface area contributed by atoms with Crippen LogP contribution in [0.4, 0.5) is 0 Å². The highest BCUT2D eigenvalue weighted by molar-refractivity contribution is 8.23. The van der Waals surface area contributed by atoms with Crippen LogP contribution in [0, 0.1) is 0 Å². The van der Waals surface area contributed by atoms with Crippen molar-refractivity contribution in [1.29, 1.82) is 0 Å². The second-order valence-electron chi connectivity index (χ2n) is 11.5. The summed E-state index contributed by atoms with van der Waals surface area (Å²) < 4.78 is 23.6. The molecule has 0 atom stereocenters. The first-order valence-corrected chi connectivity index (χ1v) is 18.2. The van der Waals surface area contributed by atoms with Crippen molar-refractivity contribution in [2.24, 2.45) is 0 Å². The maximum absolute atomic E-state index is 10.8. The molecule has 0 saturated carbocycles. The van der Waals surface area contributed by atoms with E-state index >= 15 is 0 Å². The predicted molar refractivity (Wildman–Crippen MR) is 195 cm³/mol. The number of hydrogen-bond donors (Lipinski definition) is 4. The Morgan fingerprint density at radius 1 is 0.479 bits per heavy atom. The van der Waals surface area contributed by atoms with Gasteiger partial charge in [-0.2, -0.15) is 0 Å². The molecule has 6 nitrogen and oxygen atoms in total. The van der Waals surface area contributed by atoms with E-state index in [0.29, 0.717) is 0 Å². The molecule has 0 saturated heterocycles. The van der Waals surface area contributed by atoms with Gasteiger partial charge in [-0.15, -0.1) is 10.6 Å². The Morgan fingerprint density at radius 3 is 1.38 bits per heavy atom. The van der Waals surface area contributed by atoms with Gasteiger partial charge in [0.1, 0.15) is 0 Å². The molecule has 0 unspecified atom stereocenters. The van der Waals surface area contributed by atoms with Crippen molar-refractivity contribution in [1.82, 2.24) is 0 Å². The molecule has 0 aliphatic heterocycles. The summed E-state index contributed by atoms with van der Waals surface area (Å²) in [7, 11) is -3.21. The summed E-state index contributed by atoms with van der Waals surface area (Å²) in [6.07, 6.45) is 3.05. The van der Waals surface area contributed by atoms with Crippen LogP contribution < -0.4 is 9.46 Å². The Balaban J connectivity index is 0.000000152. The summed E-state index contributed by atoms with van der Waals surface area (Å²) >= 11 is 1.64. The Labute approximate surface area is 284 Å². The molecule has 0 amide bonds. The van der Waals surface area contributed by atoms with E-state index in [1.807, 2.05) is 66.7 Å². The third-order valence-electron chi connectivity index (χ3n) is 8.42. The highest BCUT2D eigenvalue weighted by Crippen LogP contribution is 2.51. The van der Waals surface area contributed by atoms with Crippen molar-refractivity contribution >= 4 is 65.4 Å². The maximum atomic E-state index is 10.8. The van der Waals surface area contributed by atoms with Crippen LogP contribution in [0.25, 0.3) is 43.1 Å². The van der Waals surface area contributed by atoms with Gasteiger partial charge >= 0.3 is 5.03 Å². The van der Waals surface area contributed by atoms with Crippen LogP contribution in [0.3, 0.4) is 0 Å². The van der Waals surface area contributed by atoms with Gasteiger partial charge < -0.3 is 0 Å². The molecule has 4 N–H and O–H groups in total. The summed E-state index contributed by atoms with van der Waals surface area (Å²) in [6, 6.07) is 47.7. The molecule has 8 aromatic rings. The molecular formula is C40H34N2O4S2+2. The van der Waals surface area contributed by atoms with Gasteiger partial charge in [-0.3, -0.25) is 19.5 Å². The number of benzene rings is 6. The number of hydrogen-bond acceptors (Lipinski definition) is 5. The van der Waals surface area contributed by atoms with Crippen LogP contribution in [0.2, 0.25) is 0 Å². The third-order valence-corrected chi connectivity index (χ3v) is 11.2. The number of thioether (sulfide) groups is 1. The molecule has 2 heterocycles. The van der Waals surface area contributed by atoms with Crippen LogP contribution in [0.1, 0.15) is 11.1 Å². The summed E-state index contributed by atoms with van der Waals surface area (Å²) in [4.78, 5) is 0. The van der Waals surface area contributed by atoms with Crippen molar-refractivity contribution in [3.8, 4) is 0 Å². The van der Waals surface area contributed by atoms with Gasteiger partial charge in [0.2, 0.25) is 12.4 Å². The summed E-state index contributed by atoms with van der Waals surface area (Å²) in [5.74, 6) is 0.853. The molecular weight excluding hydrogens is 637 g/mol. The number of aromatic nitrogens is 2. The van der Waals surface area contributed by atoms with Crippen molar-refractivity contribution in [2.75, 3.05) is 0 Å². The molecule has 0 bridgehead atoms. The summed E-state index contributed by atoms with van der Waals surface area (Å²) in [5.41, 5.74) is 2.19. The fourth-order valence-electron chi connectivity index (χ4n) is 6.16. The first-order chi connectivity index (χ1) is 23.4. The smallest absolute Gasteiger partial charge is 0.290 e. The molecule has 0 aliphatic rings. The van der Waals surface area contributed by atoms with Crippen molar-refractivity contribution in [3.05, 3.63) is 169 Å². The lowest BCUT2D eigenvalue weighted by Crippen LogP contribution is -2.35. The lowest BCUT2D eigenvalue weighted by Gasteiger charge is -2.28. The average Bonchev–Trinajstić information content (AvgIpc) is 3.11. The number of fused-ring (bicyclic) bond motifs is 4. The Morgan fingerprint density at radius 2 is 0.896 bits per heavy atom. The van der Waals surface area contributed by atoms with Crippen LogP contribution in [-0.2, 0) is 11.5 Å². The fourth-order valence-corrected chi connectivity index (χ4v) is 8.65. The SMILES string of the molecule is O[n+]1ccccc1S(O)(O)Cc1c2ccccc2cc2ccccc12.O[n+]1ccccc1SCc1c2ccccc2cc2ccccc12. The number of rotatable bonds is 6. The monoisotopic (exact) mass is 670 g/mol. The predicted octanol–water partition coefficient (Wildman–Crippen LogP) is 9.64. The zero-order valence-electron chi connectivity index (χ0n) is 25.9. The Hall–Kier alpha value is -5.12. The highest BCUT2D eigenvalue weighted by atomic mass is 32.3. The van der Waals surface area contributed by atoms with E-state index in [1.165, 1.54) is 44.1 Å². The number of nitrogens with zero attached hydrogens (tertiary/aromatic N) is 2. The zero-order chi connectivity index (χ0) is 33.1. The van der Waals surface area contributed by atoms with Crippen molar-refractivity contribution < 1.29 is 29.0 Å². The summed E-state index contributed by atoms with van der Waals surface area (Å²) in [6.45, 7) is 0. The quantitative estimate of drug-likeness (QED) is 0.0613. The maximum Gasteiger partial charge on any atom is 0.344 e. The van der Waals surface area contributed by atoms with Crippen LogP contribution in [-0.4, -0.2) is 19.5 Å². The first kappa shape index (κ1) is 31.5. The van der Waals surface area contributed by atoms with Gasteiger partial charge in [-0.25, -0.2) is 0 Å². The second kappa shape index (κ2) is 13.5. The molecule has 0 radical (unpaired) electrons. The van der Waals surface area contributed by atoms with Crippen LogP contribution >= 0.6 is 22.4 Å². The largest absolute Gasteiger partial charge is 0.344 e. The van der Waals surface area contributed by atoms with Crippen LogP contribution in [0.5, 0.6) is 0 Å². The first-order valence-electron chi connectivity index (χ1n) is 15.5. The lowest BCUT2D eigenvalue weighted by molar-refractivity contribution is -0.933. The molecule has 8 rings (SSSR count). The van der Waals surface area contributed by atoms with E-state index in [-0.39, 0.29) is 10.8 Å². The van der Waals surface area contributed by atoms with E-state index in [2.05, 4.69) is 60.7 Å². The van der Waals surface area contributed by atoms with Crippen molar-refractivity contribution in [2.45, 2.75) is 21.6 Å². The second-order valence-corrected chi connectivity index (χ2v) is 14.5. The highest BCUT2D eigenvalue weighted by Gasteiger charge is 2.28. The molecule has 8 heteroatoms. The van der Waals surface area contributed by atoms with E-state index in [0.717, 1.165) is 42.6 Å². The Bertz CT molecular complexity index is 2310. The molecule has 0 aliphatic carbocycles. The van der Waals surface area contributed by atoms with E-state index in [1.54, 1.807) is 30.1 Å². The molecule has 6 aromatic carbocycles. The molecule has 238 valence electrons. The van der Waals surface area contributed by atoms with Gasteiger partial charge in [0, 0.05) is 39.5 Å². The molecule has 2 aromatic heterocycles. The van der Waals surface area contributed by atoms with Gasteiger partial charge in [0.15, 0.2) is 0 Å². The lowest BCUT2D eigenvalue weighted by atomic mass is 9.98. The van der Waals surface area contributed by atoms with E-state index in [9.17, 15) is 19.5 Å². The summed E-state index contributed by atoms with van der Waals surface area (Å²) in [5, 5.41) is 30.0. The van der Waals surface area contributed by atoms with E-state index < -0.39 is 10.6 Å². The van der Waals surface area contributed by atoms with Gasteiger partial charge in [0.25, 0.3) is 5.03 Å². The molecule has 0 fully saturated rings. The topological polar surface area (TPSA) is 88.7 Å². The minimum atomic E-state index is -3.21. The average molecular weight is 671 g/mol. The van der Waals surface area contributed by atoms with Crippen molar-refractivity contribution in [3.63, 3.8) is 0 Å². The molecule has 48 heavy (non-hydrogen) atoms.